The molecular formula is C22H22ClN3O4. The molecule has 1 N–H and O–H groups in total. The number of morpholine rings is 1. The monoisotopic (exact) mass is 427 g/mol. The van der Waals surface area contributed by atoms with E-state index in [0.29, 0.717) is 29.5 Å². The summed E-state index contributed by atoms with van der Waals surface area (Å²) in [5, 5.41) is 4.44. The van der Waals surface area contributed by atoms with Crippen LogP contribution in [0.4, 0.5) is 11.4 Å². The van der Waals surface area contributed by atoms with Crippen LogP contribution in [0.15, 0.2) is 48.7 Å². The standard InChI is InChI=1S/C22H22ClN3O4/c1-29-22(28)18-13-17(25-8-10-30-11-9-25)4-5-19(18)24-21(27)14-26-7-6-15-2-3-16(23)12-20(15)26/h2-7,12-13H,8-11,14H2,1H3,(H,24,27). The fourth-order valence-electron chi connectivity index (χ4n) is 3.58. The molecule has 2 heterocycles. The van der Waals surface area contributed by atoms with Crippen molar-refractivity contribution in [3.05, 3.63) is 59.2 Å². The Morgan fingerprint density at radius 2 is 1.93 bits per heavy atom. The van der Waals surface area contributed by atoms with Gasteiger partial charge in [-0.15, -0.1) is 0 Å². The normalized spacial score (nSPS) is 14.0. The van der Waals surface area contributed by atoms with Gasteiger partial charge in [-0.05, 0) is 41.8 Å². The molecule has 0 radical (unpaired) electrons. The van der Waals surface area contributed by atoms with Gasteiger partial charge in [-0.25, -0.2) is 4.79 Å². The van der Waals surface area contributed by atoms with Gasteiger partial charge in [0.1, 0.15) is 6.54 Å². The molecule has 156 valence electrons. The van der Waals surface area contributed by atoms with E-state index in [2.05, 4.69) is 10.2 Å². The lowest BCUT2D eigenvalue weighted by Gasteiger charge is -2.29. The number of nitrogens with zero attached hydrogens (tertiary/aromatic N) is 2. The maximum absolute atomic E-state index is 12.7. The summed E-state index contributed by atoms with van der Waals surface area (Å²) in [6.45, 7) is 2.86. The second-order valence-electron chi connectivity index (χ2n) is 7.02. The third-order valence-corrected chi connectivity index (χ3v) is 5.34. The van der Waals surface area contributed by atoms with E-state index in [9.17, 15) is 9.59 Å². The Morgan fingerprint density at radius 3 is 2.70 bits per heavy atom. The highest BCUT2D eigenvalue weighted by Gasteiger charge is 2.19. The van der Waals surface area contributed by atoms with Crippen LogP contribution in [-0.4, -0.2) is 49.9 Å². The summed E-state index contributed by atoms with van der Waals surface area (Å²) in [5.74, 6) is -0.754. The number of hydrogen-bond donors (Lipinski definition) is 1. The predicted octanol–water partition coefficient (Wildman–Crippen LogP) is 3.56. The molecule has 1 saturated heterocycles. The second-order valence-corrected chi connectivity index (χ2v) is 7.45. The largest absolute Gasteiger partial charge is 0.465 e. The minimum Gasteiger partial charge on any atom is -0.465 e. The van der Waals surface area contributed by atoms with Crippen LogP contribution in [0.1, 0.15) is 10.4 Å². The minimum absolute atomic E-state index is 0.0929. The average molecular weight is 428 g/mol. The Balaban J connectivity index is 1.55. The van der Waals surface area contributed by atoms with Crippen LogP contribution in [0, 0.1) is 0 Å². The molecular weight excluding hydrogens is 406 g/mol. The number of methoxy groups -OCH3 is 1. The fraction of sp³-hybridized carbons (Fsp3) is 0.273. The number of ether oxygens (including phenoxy) is 2. The van der Waals surface area contributed by atoms with Crippen molar-refractivity contribution in [2.45, 2.75) is 6.54 Å². The number of nitrogens with one attached hydrogen (secondary N) is 1. The van der Waals surface area contributed by atoms with Gasteiger partial charge in [-0.1, -0.05) is 17.7 Å². The maximum atomic E-state index is 12.7. The molecule has 1 aromatic heterocycles. The number of fused-ring (bicyclic) bond motifs is 1. The van der Waals surface area contributed by atoms with Gasteiger partial charge < -0.3 is 24.3 Å². The average Bonchev–Trinajstić information content (AvgIpc) is 3.15. The van der Waals surface area contributed by atoms with Crippen molar-refractivity contribution in [2.24, 2.45) is 0 Å². The van der Waals surface area contributed by atoms with Gasteiger partial charge in [-0.3, -0.25) is 4.79 Å². The third-order valence-electron chi connectivity index (χ3n) is 5.11. The van der Waals surface area contributed by atoms with Gasteiger partial charge in [0, 0.05) is 35.5 Å². The SMILES string of the molecule is COC(=O)c1cc(N2CCOCC2)ccc1NC(=O)Cn1ccc2ccc(Cl)cc21. The Labute approximate surface area is 179 Å². The lowest BCUT2D eigenvalue weighted by molar-refractivity contribution is -0.116. The lowest BCUT2D eigenvalue weighted by atomic mass is 10.1. The van der Waals surface area contributed by atoms with Gasteiger partial charge in [0.2, 0.25) is 5.91 Å². The van der Waals surface area contributed by atoms with Gasteiger partial charge >= 0.3 is 5.97 Å². The van der Waals surface area contributed by atoms with E-state index in [0.717, 1.165) is 29.7 Å². The van der Waals surface area contributed by atoms with E-state index >= 15 is 0 Å². The first-order valence-electron chi connectivity index (χ1n) is 9.64. The molecule has 3 aromatic rings. The highest BCUT2D eigenvalue weighted by Crippen LogP contribution is 2.26. The number of esters is 1. The Hall–Kier alpha value is -3.03. The highest BCUT2D eigenvalue weighted by molar-refractivity contribution is 6.31. The van der Waals surface area contributed by atoms with Crippen LogP contribution < -0.4 is 10.2 Å². The fourth-order valence-corrected chi connectivity index (χ4v) is 3.74. The molecule has 0 spiro atoms. The molecule has 4 rings (SSSR count). The first kappa shape index (κ1) is 20.3. The van der Waals surface area contributed by atoms with Crippen LogP contribution in [-0.2, 0) is 20.8 Å². The number of amides is 1. The molecule has 1 fully saturated rings. The summed E-state index contributed by atoms with van der Waals surface area (Å²) in [6, 6.07) is 12.8. The summed E-state index contributed by atoms with van der Waals surface area (Å²) in [5.41, 5.74) is 2.49. The number of benzene rings is 2. The third kappa shape index (κ3) is 4.27. The smallest absolute Gasteiger partial charge is 0.340 e. The Bertz CT molecular complexity index is 1090. The first-order valence-corrected chi connectivity index (χ1v) is 10.0. The van der Waals surface area contributed by atoms with Crippen LogP contribution >= 0.6 is 11.6 Å². The number of rotatable bonds is 5. The van der Waals surface area contributed by atoms with Crippen LogP contribution in [0.3, 0.4) is 0 Å². The van der Waals surface area contributed by atoms with E-state index in [1.807, 2.05) is 41.1 Å². The summed E-state index contributed by atoms with van der Waals surface area (Å²) in [6.07, 6.45) is 1.84. The van der Waals surface area contributed by atoms with Crippen molar-refractivity contribution < 1.29 is 19.1 Å². The van der Waals surface area contributed by atoms with E-state index in [4.69, 9.17) is 21.1 Å². The van der Waals surface area contributed by atoms with E-state index in [1.165, 1.54) is 7.11 Å². The molecule has 0 unspecified atom stereocenters. The molecule has 30 heavy (non-hydrogen) atoms. The Kier molecular flexibility index (Phi) is 5.92. The molecule has 8 heteroatoms. The van der Waals surface area contributed by atoms with Gasteiger partial charge in [0.15, 0.2) is 0 Å². The topological polar surface area (TPSA) is 72.8 Å². The van der Waals surface area contributed by atoms with E-state index < -0.39 is 5.97 Å². The molecule has 1 amide bonds. The first-order chi connectivity index (χ1) is 14.5. The van der Waals surface area contributed by atoms with Crippen LogP contribution in [0.25, 0.3) is 10.9 Å². The highest BCUT2D eigenvalue weighted by atomic mass is 35.5. The van der Waals surface area contributed by atoms with E-state index in [-0.39, 0.29) is 12.5 Å². The quantitative estimate of drug-likeness (QED) is 0.630. The molecule has 0 aliphatic carbocycles. The molecule has 1 aliphatic heterocycles. The van der Waals surface area contributed by atoms with Gasteiger partial charge in [0.05, 0.1) is 31.6 Å². The number of carbonyl (C=O) groups excluding carboxylic acids is 2. The Morgan fingerprint density at radius 1 is 1.13 bits per heavy atom. The summed E-state index contributed by atoms with van der Waals surface area (Å²) >= 11 is 6.09. The molecule has 1 aliphatic rings. The molecule has 7 nitrogen and oxygen atoms in total. The molecule has 0 atom stereocenters. The number of anilines is 2. The van der Waals surface area contributed by atoms with Crippen molar-refractivity contribution in [1.29, 1.82) is 0 Å². The summed E-state index contributed by atoms with van der Waals surface area (Å²) in [7, 11) is 1.32. The van der Waals surface area contributed by atoms with Gasteiger partial charge in [-0.2, -0.15) is 0 Å². The van der Waals surface area contributed by atoms with Crippen molar-refractivity contribution in [1.82, 2.24) is 4.57 Å². The van der Waals surface area contributed by atoms with Crippen molar-refractivity contribution in [3.63, 3.8) is 0 Å². The number of halogens is 1. The predicted molar refractivity (Wildman–Crippen MR) is 116 cm³/mol. The number of carbonyl (C=O) groups is 2. The van der Waals surface area contributed by atoms with E-state index in [1.54, 1.807) is 12.1 Å². The number of hydrogen-bond acceptors (Lipinski definition) is 5. The second kappa shape index (κ2) is 8.77. The summed E-state index contributed by atoms with van der Waals surface area (Å²) in [4.78, 5) is 27.2. The molecule has 2 aromatic carbocycles. The summed E-state index contributed by atoms with van der Waals surface area (Å²) < 4.78 is 12.1. The van der Waals surface area contributed by atoms with Crippen molar-refractivity contribution >= 4 is 45.8 Å². The molecule has 0 bridgehead atoms. The molecule has 0 saturated carbocycles. The zero-order valence-electron chi connectivity index (χ0n) is 16.6. The van der Waals surface area contributed by atoms with Gasteiger partial charge in [0.25, 0.3) is 0 Å². The van der Waals surface area contributed by atoms with Crippen LogP contribution in [0.5, 0.6) is 0 Å². The maximum Gasteiger partial charge on any atom is 0.340 e. The van der Waals surface area contributed by atoms with Crippen molar-refractivity contribution in [3.8, 4) is 0 Å². The lowest BCUT2D eigenvalue weighted by Crippen LogP contribution is -2.36. The zero-order chi connectivity index (χ0) is 21.1. The number of aromatic nitrogens is 1. The minimum atomic E-state index is -0.501. The zero-order valence-corrected chi connectivity index (χ0v) is 17.3. The van der Waals surface area contributed by atoms with Crippen molar-refractivity contribution in [2.75, 3.05) is 43.6 Å². The van der Waals surface area contributed by atoms with Crippen LogP contribution in [0.2, 0.25) is 5.02 Å².